The Morgan fingerprint density at radius 2 is 1.71 bits per heavy atom. The molecule has 14 heavy (non-hydrogen) atoms. The molecule has 1 nitrogen and oxygen atoms in total. The smallest absolute Gasteiger partial charge is 0.0481 e. The number of aromatic nitrogens is 1. The molecule has 1 aromatic carbocycles. The summed E-state index contributed by atoms with van der Waals surface area (Å²) in [7, 11) is 0. The molecular formula is C11H9Cl2N. The second-order valence-electron chi connectivity index (χ2n) is 3.15. The molecule has 0 N–H and O–H groups in total. The highest BCUT2D eigenvalue weighted by atomic mass is 35.5. The maximum atomic E-state index is 5.92. The maximum Gasteiger partial charge on any atom is 0.0481 e. The summed E-state index contributed by atoms with van der Waals surface area (Å²) in [5, 5.41) is 1.31. The SMILES string of the molecule is Cc1cccn1-c1cc(Cl)cc(Cl)c1. The quantitative estimate of drug-likeness (QED) is 0.690. The number of benzene rings is 1. The van der Waals surface area contributed by atoms with Crippen LogP contribution in [0.1, 0.15) is 5.69 Å². The van der Waals surface area contributed by atoms with E-state index in [9.17, 15) is 0 Å². The van der Waals surface area contributed by atoms with Crippen LogP contribution in [0.15, 0.2) is 36.5 Å². The molecule has 0 saturated heterocycles. The van der Waals surface area contributed by atoms with Gasteiger partial charge in [0.2, 0.25) is 0 Å². The molecule has 2 aromatic rings. The second-order valence-corrected chi connectivity index (χ2v) is 4.02. The maximum absolute atomic E-state index is 5.92. The Labute approximate surface area is 92.9 Å². The van der Waals surface area contributed by atoms with E-state index in [4.69, 9.17) is 23.2 Å². The van der Waals surface area contributed by atoms with Crippen LogP contribution in [0.2, 0.25) is 10.0 Å². The summed E-state index contributed by atoms with van der Waals surface area (Å²) in [6, 6.07) is 9.53. The van der Waals surface area contributed by atoms with Gasteiger partial charge in [0.25, 0.3) is 0 Å². The first kappa shape index (κ1) is 9.63. The first-order valence-electron chi connectivity index (χ1n) is 4.27. The minimum atomic E-state index is 0.653. The zero-order valence-corrected chi connectivity index (χ0v) is 9.18. The van der Waals surface area contributed by atoms with Gasteiger partial charge in [0.05, 0.1) is 0 Å². The highest BCUT2D eigenvalue weighted by molar-refractivity contribution is 6.34. The van der Waals surface area contributed by atoms with Crippen LogP contribution in [-0.2, 0) is 0 Å². The fraction of sp³-hybridized carbons (Fsp3) is 0.0909. The van der Waals surface area contributed by atoms with Crippen LogP contribution in [0.4, 0.5) is 0 Å². The predicted octanol–water partition coefficient (Wildman–Crippen LogP) is 4.09. The molecule has 3 heteroatoms. The molecule has 0 saturated carbocycles. The van der Waals surface area contributed by atoms with Crippen LogP contribution >= 0.6 is 23.2 Å². The Hall–Kier alpha value is -0.920. The Bertz CT molecular complexity index is 440. The van der Waals surface area contributed by atoms with E-state index in [1.807, 2.05) is 42.0 Å². The lowest BCUT2D eigenvalue weighted by Gasteiger charge is -2.07. The molecule has 0 fully saturated rings. The van der Waals surface area contributed by atoms with Crippen molar-refractivity contribution in [1.82, 2.24) is 4.57 Å². The lowest BCUT2D eigenvalue weighted by molar-refractivity contribution is 1.02. The van der Waals surface area contributed by atoms with E-state index in [1.54, 1.807) is 6.07 Å². The Morgan fingerprint density at radius 3 is 2.21 bits per heavy atom. The molecule has 0 aliphatic rings. The van der Waals surface area contributed by atoms with E-state index in [2.05, 4.69) is 0 Å². The number of aryl methyl sites for hydroxylation is 1. The van der Waals surface area contributed by atoms with E-state index < -0.39 is 0 Å². The Balaban J connectivity index is 2.57. The van der Waals surface area contributed by atoms with Crippen molar-refractivity contribution >= 4 is 23.2 Å². The fourth-order valence-electron chi connectivity index (χ4n) is 1.43. The zero-order valence-electron chi connectivity index (χ0n) is 7.67. The van der Waals surface area contributed by atoms with Gasteiger partial charge in [-0.25, -0.2) is 0 Å². The third kappa shape index (κ3) is 1.79. The fourth-order valence-corrected chi connectivity index (χ4v) is 1.95. The molecule has 0 unspecified atom stereocenters. The average molecular weight is 226 g/mol. The van der Waals surface area contributed by atoms with Gasteiger partial charge in [-0.15, -0.1) is 0 Å². The highest BCUT2D eigenvalue weighted by Crippen LogP contribution is 2.22. The third-order valence-corrected chi connectivity index (χ3v) is 2.51. The molecule has 0 amide bonds. The van der Waals surface area contributed by atoms with Crippen molar-refractivity contribution in [3.8, 4) is 5.69 Å². The van der Waals surface area contributed by atoms with Crippen LogP contribution in [0.5, 0.6) is 0 Å². The predicted molar refractivity (Wildman–Crippen MR) is 60.5 cm³/mol. The lowest BCUT2D eigenvalue weighted by atomic mass is 10.3. The summed E-state index contributed by atoms with van der Waals surface area (Å²) in [4.78, 5) is 0. The van der Waals surface area contributed by atoms with Gasteiger partial charge in [-0.1, -0.05) is 23.2 Å². The van der Waals surface area contributed by atoms with Crippen LogP contribution in [0, 0.1) is 6.92 Å². The van der Waals surface area contributed by atoms with Gasteiger partial charge >= 0.3 is 0 Å². The van der Waals surface area contributed by atoms with Crippen LogP contribution < -0.4 is 0 Å². The molecule has 1 heterocycles. The molecule has 0 spiro atoms. The first-order chi connectivity index (χ1) is 6.66. The summed E-state index contributed by atoms with van der Waals surface area (Å²) < 4.78 is 2.04. The summed E-state index contributed by atoms with van der Waals surface area (Å²) in [5.41, 5.74) is 2.15. The van der Waals surface area contributed by atoms with Gasteiger partial charge in [0.15, 0.2) is 0 Å². The monoisotopic (exact) mass is 225 g/mol. The number of nitrogens with zero attached hydrogens (tertiary/aromatic N) is 1. The van der Waals surface area contributed by atoms with Gasteiger partial charge in [0, 0.05) is 27.6 Å². The minimum absolute atomic E-state index is 0.653. The standard InChI is InChI=1S/C11H9Cl2N/c1-8-3-2-4-14(8)11-6-9(12)5-10(13)7-11/h2-7H,1H3. The summed E-state index contributed by atoms with van der Waals surface area (Å²) in [6.07, 6.45) is 1.98. The molecular weight excluding hydrogens is 217 g/mol. The third-order valence-electron chi connectivity index (χ3n) is 2.08. The van der Waals surface area contributed by atoms with Gasteiger partial charge in [-0.2, -0.15) is 0 Å². The van der Waals surface area contributed by atoms with Crippen molar-refractivity contribution in [3.63, 3.8) is 0 Å². The lowest BCUT2D eigenvalue weighted by Crippen LogP contribution is -1.93. The summed E-state index contributed by atoms with van der Waals surface area (Å²) in [5.74, 6) is 0. The highest BCUT2D eigenvalue weighted by Gasteiger charge is 2.01. The van der Waals surface area contributed by atoms with Crippen molar-refractivity contribution in [2.45, 2.75) is 6.92 Å². The van der Waals surface area contributed by atoms with Crippen molar-refractivity contribution in [3.05, 3.63) is 52.3 Å². The van der Waals surface area contributed by atoms with E-state index >= 15 is 0 Å². The van der Waals surface area contributed by atoms with Crippen LogP contribution in [0.25, 0.3) is 5.69 Å². The van der Waals surface area contributed by atoms with Crippen molar-refractivity contribution in [1.29, 1.82) is 0 Å². The van der Waals surface area contributed by atoms with Crippen molar-refractivity contribution in [2.24, 2.45) is 0 Å². The Morgan fingerprint density at radius 1 is 1.07 bits per heavy atom. The van der Waals surface area contributed by atoms with Crippen LogP contribution in [0.3, 0.4) is 0 Å². The van der Waals surface area contributed by atoms with Gasteiger partial charge in [0.1, 0.15) is 0 Å². The van der Waals surface area contributed by atoms with Gasteiger partial charge in [-0.05, 0) is 37.3 Å². The molecule has 1 aromatic heterocycles. The van der Waals surface area contributed by atoms with E-state index in [0.29, 0.717) is 10.0 Å². The zero-order chi connectivity index (χ0) is 10.1. The summed E-state index contributed by atoms with van der Waals surface area (Å²) >= 11 is 11.8. The topological polar surface area (TPSA) is 4.93 Å². The molecule has 0 atom stereocenters. The van der Waals surface area contributed by atoms with E-state index in [0.717, 1.165) is 11.4 Å². The van der Waals surface area contributed by atoms with E-state index in [-0.39, 0.29) is 0 Å². The molecule has 2 rings (SSSR count). The number of hydrogen-bond donors (Lipinski definition) is 0. The molecule has 0 aliphatic carbocycles. The van der Waals surface area contributed by atoms with Gasteiger partial charge < -0.3 is 4.57 Å². The number of rotatable bonds is 1. The molecule has 0 aliphatic heterocycles. The number of hydrogen-bond acceptors (Lipinski definition) is 0. The first-order valence-corrected chi connectivity index (χ1v) is 5.03. The molecule has 72 valence electrons. The largest absolute Gasteiger partial charge is 0.321 e. The molecule has 0 bridgehead atoms. The average Bonchev–Trinajstić information content (AvgIpc) is 2.49. The van der Waals surface area contributed by atoms with Gasteiger partial charge in [-0.3, -0.25) is 0 Å². The van der Waals surface area contributed by atoms with Crippen LogP contribution in [-0.4, -0.2) is 4.57 Å². The Kier molecular flexibility index (Phi) is 2.53. The second kappa shape index (κ2) is 3.68. The molecule has 0 radical (unpaired) electrons. The minimum Gasteiger partial charge on any atom is -0.321 e. The summed E-state index contributed by atoms with van der Waals surface area (Å²) in [6.45, 7) is 2.04. The van der Waals surface area contributed by atoms with Crippen molar-refractivity contribution < 1.29 is 0 Å². The number of halogens is 2. The van der Waals surface area contributed by atoms with Crippen molar-refractivity contribution in [2.75, 3.05) is 0 Å². The normalized spacial score (nSPS) is 10.5. The van der Waals surface area contributed by atoms with E-state index in [1.165, 1.54) is 0 Å².